The third kappa shape index (κ3) is 6.09. The molecule has 0 spiro atoms. The van der Waals surface area contributed by atoms with Gasteiger partial charge in [0.15, 0.2) is 0 Å². The van der Waals surface area contributed by atoms with Crippen molar-refractivity contribution in [2.24, 2.45) is 7.05 Å². The lowest BCUT2D eigenvalue weighted by Gasteiger charge is -2.26. The Balaban J connectivity index is 1.23. The molecule has 0 radical (unpaired) electrons. The first-order valence-electron chi connectivity index (χ1n) is 13.1. The molecule has 1 saturated heterocycles. The molecule has 2 aromatic heterocycles. The van der Waals surface area contributed by atoms with Crippen LogP contribution >= 0.6 is 0 Å². The normalized spacial score (nSPS) is 14.0. The predicted octanol–water partition coefficient (Wildman–Crippen LogP) is 5.28. The molecule has 1 aliphatic heterocycles. The van der Waals surface area contributed by atoms with E-state index in [2.05, 4.69) is 51.7 Å². The number of aromatic nitrogens is 3. The third-order valence-corrected chi connectivity index (χ3v) is 6.83. The highest BCUT2D eigenvalue weighted by atomic mass is 16.5. The lowest BCUT2D eigenvalue weighted by Crippen LogP contribution is -2.37. The van der Waals surface area contributed by atoms with Crippen LogP contribution in [0.4, 0.5) is 11.6 Å². The Morgan fingerprint density at radius 2 is 1.78 bits per heavy atom. The summed E-state index contributed by atoms with van der Waals surface area (Å²) in [4.78, 5) is 24.0. The number of hydrogen-bond donors (Lipinski definition) is 2. The topological polar surface area (TPSA) is 84.3 Å². The third-order valence-electron chi connectivity index (χ3n) is 6.83. The molecule has 2 N–H and O–H groups in total. The first kappa shape index (κ1) is 24.8. The lowest BCUT2D eigenvalue weighted by molar-refractivity contribution is 0.0941. The van der Waals surface area contributed by atoms with E-state index in [0.29, 0.717) is 23.7 Å². The number of anilines is 2. The van der Waals surface area contributed by atoms with Crippen LogP contribution in [0.15, 0.2) is 60.8 Å². The maximum atomic E-state index is 12.6. The van der Waals surface area contributed by atoms with Gasteiger partial charge in [0.05, 0.1) is 11.0 Å². The molecule has 1 amide bonds. The molecule has 2 aromatic carbocycles. The maximum absolute atomic E-state index is 12.6. The first-order valence-corrected chi connectivity index (χ1v) is 13.1. The van der Waals surface area contributed by atoms with Crippen LogP contribution in [-0.2, 0) is 13.5 Å². The zero-order valence-electron chi connectivity index (χ0n) is 21.5. The molecule has 5 rings (SSSR count). The van der Waals surface area contributed by atoms with Crippen LogP contribution in [0, 0.1) is 0 Å². The van der Waals surface area contributed by atoms with Crippen molar-refractivity contribution in [3.8, 4) is 11.5 Å². The zero-order valence-corrected chi connectivity index (χ0v) is 21.5. The van der Waals surface area contributed by atoms with Crippen molar-refractivity contribution < 1.29 is 9.53 Å². The molecule has 4 aromatic rings. The molecule has 0 unspecified atom stereocenters. The molecular formula is C29H34N6O2. The summed E-state index contributed by atoms with van der Waals surface area (Å²) in [6.45, 7) is 5.85. The highest BCUT2D eigenvalue weighted by Gasteiger charge is 2.13. The second-order valence-corrected chi connectivity index (χ2v) is 9.46. The number of piperidine rings is 1. The number of nitrogens with one attached hydrogen (secondary N) is 2. The van der Waals surface area contributed by atoms with Crippen molar-refractivity contribution in [2.75, 3.05) is 31.5 Å². The van der Waals surface area contributed by atoms with E-state index >= 15 is 0 Å². The number of fused-ring (bicyclic) bond motifs is 1. The van der Waals surface area contributed by atoms with Gasteiger partial charge in [-0.3, -0.25) is 9.78 Å². The monoisotopic (exact) mass is 498 g/mol. The fraction of sp³-hybridized carbons (Fsp3) is 0.345. The van der Waals surface area contributed by atoms with E-state index in [-0.39, 0.29) is 5.91 Å². The van der Waals surface area contributed by atoms with Gasteiger partial charge >= 0.3 is 0 Å². The highest BCUT2D eigenvalue weighted by molar-refractivity contribution is 5.92. The lowest BCUT2D eigenvalue weighted by atomic mass is 10.1. The number of carbonyl (C=O) groups excluding carboxylic acids is 1. The van der Waals surface area contributed by atoms with E-state index in [1.807, 2.05) is 29.8 Å². The summed E-state index contributed by atoms with van der Waals surface area (Å²) in [6.07, 6.45) is 6.39. The number of ether oxygens (including phenoxy) is 1. The summed E-state index contributed by atoms with van der Waals surface area (Å²) in [5.41, 5.74) is 4.44. The molecule has 8 nitrogen and oxygen atoms in total. The van der Waals surface area contributed by atoms with Gasteiger partial charge in [0.25, 0.3) is 5.91 Å². The summed E-state index contributed by atoms with van der Waals surface area (Å²) in [5.74, 6) is 1.77. The highest BCUT2D eigenvalue weighted by Crippen LogP contribution is 2.28. The molecule has 8 heteroatoms. The quantitative estimate of drug-likeness (QED) is 0.327. The zero-order chi connectivity index (χ0) is 25.6. The number of pyridine rings is 1. The van der Waals surface area contributed by atoms with Crippen LogP contribution in [0.5, 0.6) is 11.5 Å². The van der Waals surface area contributed by atoms with Gasteiger partial charge < -0.3 is 24.8 Å². The molecule has 37 heavy (non-hydrogen) atoms. The summed E-state index contributed by atoms with van der Waals surface area (Å²) in [5, 5.41) is 6.37. The van der Waals surface area contributed by atoms with E-state index < -0.39 is 0 Å². The Bertz CT molecular complexity index is 1360. The fourth-order valence-electron chi connectivity index (χ4n) is 4.64. The number of rotatable bonds is 9. The number of carbonyl (C=O) groups is 1. The van der Waals surface area contributed by atoms with Gasteiger partial charge in [-0.1, -0.05) is 25.5 Å². The van der Waals surface area contributed by atoms with Gasteiger partial charge in [-0.25, -0.2) is 4.98 Å². The Hall–Kier alpha value is -3.91. The SMILES string of the molecule is CCc1ccc(Nc2nc3cc(Oc4ccnc(C(=O)NCCN5CCCCC5)c4)ccc3n2C)cc1. The molecule has 0 saturated carbocycles. The standard InChI is InChI=1S/C29H34N6O2/c1-3-21-7-9-22(10-8-21)32-29-33-25-19-23(11-12-27(25)34(29)2)37-24-13-14-30-26(20-24)28(36)31-15-18-35-16-5-4-6-17-35/h7-14,19-20H,3-6,15-18H2,1-2H3,(H,31,36)(H,32,33). The fourth-order valence-corrected chi connectivity index (χ4v) is 4.64. The van der Waals surface area contributed by atoms with E-state index in [9.17, 15) is 4.79 Å². The Morgan fingerprint density at radius 1 is 1.00 bits per heavy atom. The number of imidazole rings is 1. The van der Waals surface area contributed by atoms with Gasteiger partial charge in [-0.2, -0.15) is 0 Å². The molecule has 1 fully saturated rings. The smallest absolute Gasteiger partial charge is 0.270 e. The minimum atomic E-state index is -0.190. The first-order chi connectivity index (χ1) is 18.1. The number of hydrogen-bond acceptors (Lipinski definition) is 6. The van der Waals surface area contributed by atoms with Crippen molar-refractivity contribution in [1.29, 1.82) is 0 Å². The van der Waals surface area contributed by atoms with Gasteiger partial charge in [-0.15, -0.1) is 0 Å². The minimum Gasteiger partial charge on any atom is -0.457 e. The second-order valence-electron chi connectivity index (χ2n) is 9.46. The molecule has 0 aliphatic carbocycles. The van der Waals surface area contributed by atoms with Gasteiger partial charge in [0.2, 0.25) is 5.95 Å². The Kier molecular flexibility index (Phi) is 7.65. The molecule has 0 atom stereocenters. The Morgan fingerprint density at radius 3 is 2.57 bits per heavy atom. The van der Waals surface area contributed by atoms with Crippen molar-refractivity contribution >= 4 is 28.6 Å². The van der Waals surface area contributed by atoms with E-state index in [1.165, 1.54) is 24.8 Å². The van der Waals surface area contributed by atoms with Crippen LogP contribution in [0.1, 0.15) is 42.2 Å². The number of benzene rings is 2. The number of likely N-dealkylation sites (tertiary alicyclic amines) is 1. The Labute approximate surface area is 217 Å². The van der Waals surface area contributed by atoms with Crippen molar-refractivity contribution in [3.05, 3.63) is 72.1 Å². The van der Waals surface area contributed by atoms with Crippen LogP contribution in [-0.4, -0.2) is 51.5 Å². The molecular weight excluding hydrogens is 464 g/mol. The van der Waals surface area contributed by atoms with Gasteiger partial charge in [0, 0.05) is 44.2 Å². The summed E-state index contributed by atoms with van der Waals surface area (Å²) >= 11 is 0. The average molecular weight is 499 g/mol. The summed E-state index contributed by atoms with van der Waals surface area (Å²) in [6, 6.07) is 17.6. The number of amides is 1. The molecule has 0 bridgehead atoms. The van der Waals surface area contributed by atoms with Crippen LogP contribution in [0.25, 0.3) is 11.0 Å². The second kappa shape index (κ2) is 11.4. The van der Waals surface area contributed by atoms with E-state index in [0.717, 1.165) is 48.7 Å². The van der Waals surface area contributed by atoms with Crippen LogP contribution in [0.3, 0.4) is 0 Å². The van der Waals surface area contributed by atoms with Crippen LogP contribution in [0.2, 0.25) is 0 Å². The number of aryl methyl sites for hydroxylation is 2. The van der Waals surface area contributed by atoms with Crippen molar-refractivity contribution in [2.45, 2.75) is 32.6 Å². The van der Waals surface area contributed by atoms with E-state index in [4.69, 9.17) is 9.72 Å². The van der Waals surface area contributed by atoms with Gasteiger partial charge in [-0.05, 0) is 68.2 Å². The van der Waals surface area contributed by atoms with E-state index in [1.54, 1.807) is 18.3 Å². The molecule has 192 valence electrons. The summed E-state index contributed by atoms with van der Waals surface area (Å²) < 4.78 is 8.09. The summed E-state index contributed by atoms with van der Waals surface area (Å²) in [7, 11) is 1.98. The molecule has 3 heterocycles. The largest absolute Gasteiger partial charge is 0.457 e. The molecule has 1 aliphatic rings. The van der Waals surface area contributed by atoms with Crippen molar-refractivity contribution in [1.82, 2.24) is 24.8 Å². The predicted molar refractivity (Wildman–Crippen MR) is 147 cm³/mol. The average Bonchev–Trinajstić information content (AvgIpc) is 3.24. The van der Waals surface area contributed by atoms with Gasteiger partial charge in [0.1, 0.15) is 17.2 Å². The number of nitrogens with zero attached hydrogens (tertiary/aromatic N) is 4. The minimum absolute atomic E-state index is 0.190. The maximum Gasteiger partial charge on any atom is 0.270 e. The van der Waals surface area contributed by atoms with Crippen LogP contribution < -0.4 is 15.4 Å². The van der Waals surface area contributed by atoms with Crippen molar-refractivity contribution in [3.63, 3.8) is 0 Å².